The van der Waals surface area contributed by atoms with Crippen molar-refractivity contribution in [3.63, 3.8) is 0 Å². The first-order valence-corrected chi connectivity index (χ1v) is 4.71. The number of esters is 1. The van der Waals surface area contributed by atoms with Crippen LogP contribution in [0.1, 0.15) is 10.4 Å². The van der Waals surface area contributed by atoms with Gasteiger partial charge in [0.2, 0.25) is 0 Å². The van der Waals surface area contributed by atoms with Gasteiger partial charge in [-0.25, -0.2) is 4.79 Å². The van der Waals surface area contributed by atoms with Crippen LogP contribution in [-0.4, -0.2) is 37.4 Å². The molecule has 0 saturated heterocycles. The second-order valence-electron chi connectivity index (χ2n) is 2.94. The highest BCUT2D eigenvalue weighted by atomic mass is 35.5. The van der Waals surface area contributed by atoms with Crippen molar-refractivity contribution in [3.8, 4) is 5.75 Å². The van der Waals surface area contributed by atoms with E-state index in [2.05, 4.69) is 4.74 Å². The summed E-state index contributed by atoms with van der Waals surface area (Å²) in [5, 5.41) is 18.1. The van der Waals surface area contributed by atoms with Crippen LogP contribution in [0.5, 0.6) is 5.75 Å². The number of benzene rings is 1. The molecule has 86 valence electrons. The van der Waals surface area contributed by atoms with Gasteiger partial charge >= 0.3 is 13.1 Å². The first-order chi connectivity index (χ1) is 7.51. The maximum Gasteiger partial charge on any atom is 0.489 e. The molecule has 16 heavy (non-hydrogen) atoms. The molecule has 0 heterocycles. The van der Waals surface area contributed by atoms with Crippen LogP contribution >= 0.6 is 11.6 Å². The molecule has 0 amide bonds. The second kappa shape index (κ2) is 5.20. The van der Waals surface area contributed by atoms with Crippen molar-refractivity contribution in [1.29, 1.82) is 0 Å². The molecule has 1 aromatic carbocycles. The fraction of sp³-hybridized carbons (Fsp3) is 0.222. The summed E-state index contributed by atoms with van der Waals surface area (Å²) < 4.78 is 9.46. The molecule has 1 rings (SSSR count). The maximum atomic E-state index is 11.4. The monoisotopic (exact) mass is 244 g/mol. The molecule has 0 aliphatic heterocycles. The standard InChI is InChI=1S/C9H10BClO5/c1-15-8-4-7(11)6(10(13)14)3-5(8)9(12)16-2/h3-4,13-14H,1-2H3. The Balaban J connectivity index is 3.34. The highest BCUT2D eigenvalue weighted by Gasteiger charge is 2.22. The predicted molar refractivity (Wildman–Crippen MR) is 59.2 cm³/mol. The van der Waals surface area contributed by atoms with E-state index in [1.54, 1.807) is 0 Å². The average Bonchev–Trinajstić information content (AvgIpc) is 2.27. The third kappa shape index (κ3) is 2.47. The third-order valence-corrected chi connectivity index (χ3v) is 2.33. The highest BCUT2D eigenvalue weighted by Crippen LogP contribution is 2.22. The molecule has 1 aromatic rings. The Labute approximate surface area is 97.7 Å². The number of carbonyl (C=O) groups is 1. The zero-order valence-electron chi connectivity index (χ0n) is 8.73. The minimum Gasteiger partial charge on any atom is -0.496 e. The molecule has 0 spiro atoms. The van der Waals surface area contributed by atoms with Crippen molar-refractivity contribution in [2.75, 3.05) is 14.2 Å². The summed E-state index contributed by atoms with van der Waals surface area (Å²) in [6.45, 7) is 0. The third-order valence-electron chi connectivity index (χ3n) is 2.00. The van der Waals surface area contributed by atoms with E-state index in [9.17, 15) is 4.79 Å². The Kier molecular flexibility index (Phi) is 4.17. The predicted octanol–water partition coefficient (Wildman–Crippen LogP) is -0.185. The van der Waals surface area contributed by atoms with E-state index >= 15 is 0 Å². The van der Waals surface area contributed by atoms with Crippen LogP contribution in [-0.2, 0) is 4.74 Å². The van der Waals surface area contributed by atoms with Gasteiger partial charge in [-0.2, -0.15) is 0 Å². The van der Waals surface area contributed by atoms with E-state index in [-0.39, 0.29) is 21.8 Å². The van der Waals surface area contributed by atoms with Crippen molar-refractivity contribution in [2.24, 2.45) is 0 Å². The Morgan fingerprint density at radius 1 is 1.38 bits per heavy atom. The van der Waals surface area contributed by atoms with E-state index in [1.165, 1.54) is 26.4 Å². The molecule has 0 atom stereocenters. The molecule has 5 nitrogen and oxygen atoms in total. The van der Waals surface area contributed by atoms with Gasteiger partial charge in [0.25, 0.3) is 0 Å². The van der Waals surface area contributed by atoms with Gasteiger partial charge in [0.1, 0.15) is 11.3 Å². The van der Waals surface area contributed by atoms with Gasteiger partial charge in [-0.1, -0.05) is 11.6 Å². The Hall–Kier alpha value is -1.24. The first kappa shape index (κ1) is 12.8. The summed E-state index contributed by atoms with van der Waals surface area (Å²) in [5.41, 5.74) is 0.0976. The lowest BCUT2D eigenvalue weighted by molar-refractivity contribution is 0.0597. The molecular weight excluding hydrogens is 234 g/mol. The smallest absolute Gasteiger partial charge is 0.489 e. The van der Waals surface area contributed by atoms with Crippen LogP contribution in [0.3, 0.4) is 0 Å². The normalized spacial score (nSPS) is 9.81. The molecule has 0 bridgehead atoms. The zero-order valence-corrected chi connectivity index (χ0v) is 9.49. The number of methoxy groups -OCH3 is 2. The minimum absolute atomic E-state index is 0.0165. The number of hydrogen-bond donors (Lipinski definition) is 2. The van der Waals surface area contributed by atoms with E-state index < -0.39 is 13.1 Å². The van der Waals surface area contributed by atoms with Crippen LogP contribution in [0, 0.1) is 0 Å². The number of ether oxygens (including phenoxy) is 2. The maximum absolute atomic E-state index is 11.4. The number of halogens is 1. The molecule has 0 saturated carbocycles. The van der Waals surface area contributed by atoms with Gasteiger partial charge in [0.05, 0.1) is 14.2 Å². The molecule has 0 aromatic heterocycles. The topological polar surface area (TPSA) is 76.0 Å². The van der Waals surface area contributed by atoms with E-state index in [0.717, 1.165) is 0 Å². The summed E-state index contributed by atoms with van der Waals surface area (Å²) in [7, 11) is 0.820. The van der Waals surface area contributed by atoms with Crippen molar-refractivity contribution in [1.82, 2.24) is 0 Å². The van der Waals surface area contributed by atoms with Gasteiger partial charge in [-0.05, 0) is 12.1 Å². The fourth-order valence-corrected chi connectivity index (χ4v) is 1.46. The average molecular weight is 244 g/mol. The fourth-order valence-electron chi connectivity index (χ4n) is 1.21. The zero-order chi connectivity index (χ0) is 12.3. The van der Waals surface area contributed by atoms with Crippen molar-refractivity contribution >= 4 is 30.2 Å². The van der Waals surface area contributed by atoms with Gasteiger partial charge < -0.3 is 19.5 Å². The lowest BCUT2D eigenvalue weighted by atomic mass is 9.79. The molecule has 0 fully saturated rings. The summed E-state index contributed by atoms with van der Waals surface area (Å²) in [6.07, 6.45) is 0. The number of rotatable bonds is 3. The van der Waals surface area contributed by atoms with Gasteiger partial charge in [0.15, 0.2) is 0 Å². The lowest BCUT2D eigenvalue weighted by Gasteiger charge is -2.10. The largest absolute Gasteiger partial charge is 0.496 e. The molecule has 0 aliphatic rings. The highest BCUT2D eigenvalue weighted by molar-refractivity contribution is 6.62. The van der Waals surface area contributed by atoms with Crippen molar-refractivity contribution in [3.05, 3.63) is 22.7 Å². The Morgan fingerprint density at radius 2 is 2.00 bits per heavy atom. The van der Waals surface area contributed by atoms with Crippen LogP contribution in [0.25, 0.3) is 0 Å². The summed E-state index contributed by atoms with van der Waals surface area (Å²) in [6, 6.07) is 2.54. The second-order valence-corrected chi connectivity index (χ2v) is 3.35. The van der Waals surface area contributed by atoms with E-state index in [4.69, 9.17) is 26.4 Å². The van der Waals surface area contributed by atoms with Crippen molar-refractivity contribution < 1.29 is 24.3 Å². The Bertz CT molecular complexity index is 407. The number of hydrogen-bond acceptors (Lipinski definition) is 5. The van der Waals surface area contributed by atoms with Crippen LogP contribution in [0.4, 0.5) is 0 Å². The minimum atomic E-state index is -1.76. The van der Waals surface area contributed by atoms with E-state index in [1.807, 2.05) is 0 Å². The Morgan fingerprint density at radius 3 is 2.44 bits per heavy atom. The van der Waals surface area contributed by atoms with Crippen LogP contribution < -0.4 is 10.2 Å². The number of carbonyl (C=O) groups excluding carboxylic acids is 1. The molecular formula is C9H10BClO5. The van der Waals surface area contributed by atoms with Gasteiger partial charge in [-0.3, -0.25) is 0 Å². The molecule has 0 radical (unpaired) electrons. The summed E-state index contributed by atoms with van der Waals surface area (Å²) in [5.74, 6) is -0.434. The molecule has 0 aliphatic carbocycles. The van der Waals surface area contributed by atoms with Crippen LogP contribution in [0.15, 0.2) is 12.1 Å². The first-order valence-electron chi connectivity index (χ1n) is 4.33. The summed E-state index contributed by atoms with van der Waals surface area (Å²) in [4.78, 5) is 11.4. The SMILES string of the molecule is COC(=O)c1cc(B(O)O)c(Cl)cc1OC. The quantitative estimate of drug-likeness (QED) is 0.570. The van der Waals surface area contributed by atoms with E-state index in [0.29, 0.717) is 0 Å². The molecule has 7 heteroatoms. The summed E-state index contributed by atoms with van der Waals surface area (Å²) >= 11 is 5.77. The van der Waals surface area contributed by atoms with Gasteiger partial charge in [-0.15, -0.1) is 0 Å². The van der Waals surface area contributed by atoms with Gasteiger partial charge in [0, 0.05) is 10.5 Å². The molecule has 0 unspecified atom stereocenters. The van der Waals surface area contributed by atoms with Crippen molar-refractivity contribution in [2.45, 2.75) is 0 Å². The molecule has 2 N–H and O–H groups in total. The lowest BCUT2D eigenvalue weighted by Crippen LogP contribution is -2.31. The van der Waals surface area contributed by atoms with Crippen LogP contribution in [0.2, 0.25) is 5.02 Å².